The molecule has 3 unspecified atom stereocenters. The van der Waals surface area contributed by atoms with Gasteiger partial charge < -0.3 is 48.2 Å². The lowest BCUT2D eigenvalue weighted by atomic mass is 10.0. The summed E-state index contributed by atoms with van der Waals surface area (Å²) in [5.74, 6) is -3.16. The number of aromatic amines is 2. The number of nitrogens with zero attached hydrogens (tertiary/aromatic N) is 1. The van der Waals surface area contributed by atoms with Gasteiger partial charge in [-0.3, -0.25) is 24.2 Å². The number of nitrogens with two attached hydrogens (primary N) is 3. The number of aromatic nitrogens is 2. The van der Waals surface area contributed by atoms with Gasteiger partial charge in [0.05, 0.1) is 6.04 Å². The number of rotatable bonds is 15. The van der Waals surface area contributed by atoms with Crippen LogP contribution in [0.1, 0.15) is 24.0 Å². The van der Waals surface area contributed by atoms with Gasteiger partial charge in [0.15, 0.2) is 5.96 Å². The zero-order valence-electron chi connectivity index (χ0n) is 24.0. The SMILES string of the molecule is NC(N)=NCCCC(N)C(=O)NC(Cc1c[nH]c2ccccc12)C(=O)NC(Cc1c[nH]c2ccccc12)C(=O)NCC(=O)O. The minimum absolute atomic E-state index is 0.0620. The van der Waals surface area contributed by atoms with E-state index in [9.17, 15) is 19.2 Å². The van der Waals surface area contributed by atoms with Gasteiger partial charge in [0, 0.05) is 53.6 Å². The van der Waals surface area contributed by atoms with Crippen molar-refractivity contribution in [3.8, 4) is 0 Å². The predicted molar refractivity (Wildman–Crippen MR) is 166 cm³/mol. The third-order valence-corrected chi connectivity index (χ3v) is 7.18. The number of guanidine groups is 1. The summed E-state index contributed by atoms with van der Waals surface area (Å²) in [5.41, 5.74) is 20.0. The van der Waals surface area contributed by atoms with Crippen molar-refractivity contribution in [2.24, 2.45) is 22.2 Å². The van der Waals surface area contributed by atoms with Crippen molar-refractivity contribution in [3.63, 3.8) is 0 Å². The monoisotopic (exact) mass is 603 g/mol. The summed E-state index contributed by atoms with van der Waals surface area (Å²) < 4.78 is 0. The third-order valence-electron chi connectivity index (χ3n) is 7.18. The van der Waals surface area contributed by atoms with Gasteiger partial charge >= 0.3 is 5.97 Å². The van der Waals surface area contributed by atoms with E-state index in [1.807, 2.05) is 48.5 Å². The molecule has 3 amide bonds. The summed E-state index contributed by atoms with van der Waals surface area (Å²) >= 11 is 0. The Morgan fingerprint density at radius 2 is 1.32 bits per heavy atom. The van der Waals surface area contributed by atoms with Gasteiger partial charge in [0.2, 0.25) is 17.7 Å². The lowest BCUT2D eigenvalue weighted by Gasteiger charge is -2.24. The summed E-state index contributed by atoms with van der Waals surface area (Å²) in [5, 5.41) is 18.7. The molecule has 44 heavy (non-hydrogen) atoms. The number of amides is 3. The molecule has 3 atom stereocenters. The van der Waals surface area contributed by atoms with Crippen LogP contribution in [-0.2, 0) is 32.0 Å². The second kappa shape index (κ2) is 14.7. The van der Waals surface area contributed by atoms with Crippen LogP contribution in [0, 0.1) is 0 Å². The number of fused-ring (bicyclic) bond motifs is 2. The lowest BCUT2D eigenvalue weighted by molar-refractivity contribution is -0.138. The van der Waals surface area contributed by atoms with Gasteiger partial charge in [0.25, 0.3) is 0 Å². The fourth-order valence-electron chi connectivity index (χ4n) is 4.95. The number of nitrogens with one attached hydrogen (secondary N) is 5. The van der Waals surface area contributed by atoms with Gasteiger partial charge in [-0.2, -0.15) is 0 Å². The highest BCUT2D eigenvalue weighted by atomic mass is 16.4. The zero-order valence-corrected chi connectivity index (χ0v) is 24.0. The maximum atomic E-state index is 13.8. The number of carboxylic acids is 1. The fraction of sp³-hybridized carbons (Fsp3) is 0.300. The van der Waals surface area contributed by atoms with Gasteiger partial charge in [-0.15, -0.1) is 0 Å². The van der Waals surface area contributed by atoms with E-state index in [0.717, 1.165) is 32.9 Å². The number of hydrogen-bond acceptors (Lipinski definition) is 6. The van der Waals surface area contributed by atoms with Gasteiger partial charge in [-0.05, 0) is 36.1 Å². The van der Waals surface area contributed by atoms with Crippen molar-refractivity contribution in [1.29, 1.82) is 0 Å². The maximum absolute atomic E-state index is 13.8. The summed E-state index contributed by atoms with van der Waals surface area (Å²) in [6.45, 7) is -0.327. The van der Waals surface area contributed by atoms with Crippen LogP contribution >= 0.6 is 0 Å². The van der Waals surface area contributed by atoms with Crippen LogP contribution in [0.15, 0.2) is 65.9 Å². The Kier molecular flexibility index (Phi) is 10.5. The van der Waals surface area contributed by atoms with Crippen molar-refractivity contribution in [1.82, 2.24) is 25.9 Å². The molecule has 0 aliphatic rings. The van der Waals surface area contributed by atoms with Crippen LogP contribution in [0.3, 0.4) is 0 Å². The number of aliphatic imine (C=N–C) groups is 1. The Bertz CT molecular complexity index is 1660. The molecule has 0 bridgehead atoms. The molecule has 14 heteroatoms. The Morgan fingerprint density at radius 1 is 0.795 bits per heavy atom. The number of carbonyl (C=O) groups is 4. The molecule has 0 saturated carbocycles. The van der Waals surface area contributed by atoms with Crippen LogP contribution in [0.5, 0.6) is 0 Å². The Balaban J connectivity index is 1.56. The lowest BCUT2D eigenvalue weighted by Crippen LogP contribution is -2.57. The van der Waals surface area contributed by atoms with E-state index < -0.39 is 48.4 Å². The van der Waals surface area contributed by atoms with Crippen molar-refractivity contribution < 1.29 is 24.3 Å². The minimum Gasteiger partial charge on any atom is -0.480 e. The Labute approximate surface area is 252 Å². The van der Waals surface area contributed by atoms with E-state index in [2.05, 4.69) is 30.9 Å². The molecular formula is C30H37N9O5. The first-order valence-electron chi connectivity index (χ1n) is 14.1. The summed E-state index contributed by atoms with van der Waals surface area (Å²) in [6, 6.07) is 11.8. The molecule has 0 saturated heterocycles. The first-order chi connectivity index (χ1) is 21.1. The number of carboxylic acid groups (broad SMARTS) is 1. The van der Waals surface area contributed by atoms with Gasteiger partial charge in [-0.1, -0.05) is 36.4 Å². The fourth-order valence-corrected chi connectivity index (χ4v) is 4.95. The number of aliphatic carboxylic acids is 1. The summed E-state index contributed by atoms with van der Waals surface area (Å²) in [6.07, 6.45) is 4.38. The molecule has 232 valence electrons. The molecule has 0 aliphatic heterocycles. The Morgan fingerprint density at radius 3 is 1.86 bits per heavy atom. The van der Waals surface area contributed by atoms with Crippen molar-refractivity contribution in [3.05, 3.63) is 72.1 Å². The van der Waals surface area contributed by atoms with E-state index in [4.69, 9.17) is 22.3 Å². The van der Waals surface area contributed by atoms with E-state index in [1.165, 1.54) is 0 Å². The second-order valence-electron chi connectivity index (χ2n) is 10.4. The minimum atomic E-state index is -1.23. The van der Waals surface area contributed by atoms with Crippen LogP contribution < -0.4 is 33.2 Å². The first-order valence-corrected chi connectivity index (χ1v) is 14.1. The molecule has 0 aliphatic carbocycles. The molecule has 2 heterocycles. The highest BCUT2D eigenvalue weighted by Crippen LogP contribution is 2.21. The number of para-hydroxylation sites is 2. The van der Waals surface area contributed by atoms with Crippen molar-refractivity contribution in [2.45, 2.75) is 43.8 Å². The smallest absolute Gasteiger partial charge is 0.322 e. The molecule has 2 aromatic heterocycles. The highest BCUT2D eigenvalue weighted by molar-refractivity contribution is 5.95. The number of carbonyl (C=O) groups excluding carboxylic acids is 3. The van der Waals surface area contributed by atoms with Crippen LogP contribution in [0.25, 0.3) is 21.8 Å². The van der Waals surface area contributed by atoms with Crippen LogP contribution in [0.2, 0.25) is 0 Å². The largest absolute Gasteiger partial charge is 0.480 e. The number of H-pyrrole nitrogens is 2. The average Bonchev–Trinajstić information content (AvgIpc) is 3.61. The van der Waals surface area contributed by atoms with Crippen molar-refractivity contribution in [2.75, 3.05) is 13.1 Å². The standard InChI is InChI=1S/C30H37N9O5/c31-21(8-5-11-34-30(32)33)27(42)38-25(13-18-15-36-23-10-4-2-7-20(18)23)29(44)39-24(28(43)37-16-26(40)41)12-17-14-35-22-9-3-1-6-19(17)22/h1-4,6-7,9-10,14-15,21,24-25,35-36H,5,8,11-13,16,31H2,(H,37,43)(H,38,42)(H,39,44)(H,40,41)(H4,32,33,34). The molecule has 14 nitrogen and oxygen atoms in total. The zero-order chi connectivity index (χ0) is 31.6. The van der Waals surface area contributed by atoms with E-state index in [1.54, 1.807) is 12.4 Å². The average molecular weight is 604 g/mol. The molecule has 4 rings (SSSR count). The molecule has 0 radical (unpaired) electrons. The maximum Gasteiger partial charge on any atom is 0.322 e. The molecule has 0 spiro atoms. The quantitative estimate of drug-likeness (QED) is 0.0506. The number of hydrogen-bond donors (Lipinski definition) is 9. The Hall–Kier alpha value is -5.37. The topological polar surface area (TPSA) is 247 Å². The third kappa shape index (κ3) is 8.35. The molecule has 2 aromatic carbocycles. The molecule has 4 aromatic rings. The van der Waals surface area contributed by atoms with Crippen molar-refractivity contribution >= 4 is 51.5 Å². The van der Waals surface area contributed by atoms with E-state index >= 15 is 0 Å². The normalized spacial score (nSPS) is 13.1. The first kappa shape index (κ1) is 31.6. The summed E-state index contributed by atoms with van der Waals surface area (Å²) in [4.78, 5) is 61.4. The highest BCUT2D eigenvalue weighted by Gasteiger charge is 2.30. The molecule has 0 fully saturated rings. The van der Waals surface area contributed by atoms with Crippen LogP contribution in [-0.4, -0.2) is 75.9 Å². The van der Waals surface area contributed by atoms with Crippen LogP contribution in [0.4, 0.5) is 0 Å². The number of benzene rings is 2. The summed E-state index contributed by atoms with van der Waals surface area (Å²) in [7, 11) is 0. The molecule has 12 N–H and O–H groups in total. The van der Waals surface area contributed by atoms with E-state index in [-0.39, 0.29) is 25.2 Å². The van der Waals surface area contributed by atoms with E-state index in [0.29, 0.717) is 13.0 Å². The van der Waals surface area contributed by atoms with Gasteiger partial charge in [-0.25, -0.2) is 0 Å². The van der Waals surface area contributed by atoms with Gasteiger partial charge in [0.1, 0.15) is 18.6 Å². The second-order valence-corrected chi connectivity index (χ2v) is 10.4. The predicted octanol–water partition coefficient (Wildman–Crippen LogP) is -0.0143. The molecular weight excluding hydrogens is 566 g/mol.